The third kappa shape index (κ3) is 2.70. The summed E-state index contributed by atoms with van der Waals surface area (Å²) in [6.07, 6.45) is 0. The molecule has 0 atom stereocenters. The lowest BCUT2D eigenvalue weighted by molar-refractivity contribution is 0.0955. The highest BCUT2D eigenvalue weighted by molar-refractivity contribution is 9.13. The van der Waals surface area contributed by atoms with Gasteiger partial charge in [0.25, 0.3) is 5.91 Å². The van der Waals surface area contributed by atoms with Gasteiger partial charge in [-0.25, -0.2) is 0 Å². The molecule has 0 saturated carbocycles. The van der Waals surface area contributed by atoms with Crippen molar-refractivity contribution in [3.63, 3.8) is 0 Å². The Labute approximate surface area is 139 Å². The molecule has 1 heterocycles. The van der Waals surface area contributed by atoms with Crippen LogP contribution in [0.2, 0.25) is 10.0 Å². The second-order valence-electron chi connectivity index (χ2n) is 3.38. The van der Waals surface area contributed by atoms with Crippen LogP contribution in [0.15, 0.2) is 37.9 Å². The molecule has 0 unspecified atom stereocenters. The Bertz CT molecular complexity index is 639. The first-order chi connectivity index (χ1) is 8.41. The van der Waals surface area contributed by atoms with E-state index in [1.165, 1.54) is 4.57 Å². The van der Waals surface area contributed by atoms with Gasteiger partial charge in [-0.05, 0) is 72.1 Å². The molecule has 2 nitrogen and oxygen atoms in total. The predicted molar refractivity (Wildman–Crippen MR) is 83.7 cm³/mol. The average molecular weight is 477 g/mol. The summed E-state index contributed by atoms with van der Waals surface area (Å²) in [6.45, 7) is 0. The minimum Gasteiger partial charge on any atom is -0.268 e. The van der Waals surface area contributed by atoms with E-state index in [1.807, 2.05) is 0 Å². The maximum Gasteiger partial charge on any atom is 0.263 e. The molecule has 0 aliphatic rings. The highest BCUT2D eigenvalue weighted by Crippen LogP contribution is 2.32. The summed E-state index contributed by atoms with van der Waals surface area (Å²) in [7, 11) is 0. The van der Waals surface area contributed by atoms with E-state index < -0.39 is 0 Å². The summed E-state index contributed by atoms with van der Waals surface area (Å²) in [6, 6.07) is 6.54. The molecule has 0 radical (unpaired) electrons. The van der Waals surface area contributed by atoms with Crippen molar-refractivity contribution < 1.29 is 4.79 Å². The molecule has 0 fully saturated rings. The smallest absolute Gasteiger partial charge is 0.263 e. The molecule has 18 heavy (non-hydrogen) atoms. The molecule has 0 amide bonds. The Morgan fingerprint density at radius 1 is 1.06 bits per heavy atom. The van der Waals surface area contributed by atoms with E-state index in [0.29, 0.717) is 24.8 Å². The third-order valence-corrected chi connectivity index (χ3v) is 5.46. The maximum absolute atomic E-state index is 12.3. The number of nitrogens with zero attached hydrogens (tertiary/aromatic N) is 1. The number of hydrogen-bond acceptors (Lipinski definition) is 1. The fourth-order valence-electron chi connectivity index (χ4n) is 1.37. The predicted octanol–water partition coefficient (Wildman–Crippen LogP) is 5.77. The van der Waals surface area contributed by atoms with E-state index in [1.54, 1.807) is 24.3 Å². The zero-order valence-corrected chi connectivity index (χ0v) is 14.8. The van der Waals surface area contributed by atoms with Gasteiger partial charge in [-0.2, -0.15) is 0 Å². The Morgan fingerprint density at radius 2 is 1.72 bits per heavy atom. The molecule has 0 spiro atoms. The summed E-state index contributed by atoms with van der Waals surface area (Å²) < 4.78 is 3.52. The molecule has 7 heteroatoms. The molecule has 0 aliphatic heterocycles. The molecule has 0 aliphatic carbocycles. The molecule has 2 rings (SSSR count). The highest BCUT2D eigenvalue weighted by atomic mass is 79.9. The van der Waals surface area contributed by atoms with Crippen LogP contribution in [0, 0.1) is 0 Å². The van der Waals surface area contributed by atoms with Crippen molar-refractivity contribution >= 4 is 76.9 Å². The van der Waals surface area contributed by atoms with Gasteiger partial charge in [0.2, 0.25) is 0 Å². The standard InChI is InChI=1S/C11H4Br3Cl2NO/c12-6-4-9(13)17(10(6)14)11(18)5-1-2-7(15)8(16)3-5/h1-4H. The zero-order chi connectivity index (χ0) is 13.4. The Hall–Kier alpha value is 0.190. The average Bonchev–Trinajstić information content (AvgIpc) is 2.56. The number of carbonyl (C=O) groups is 1. The van der Waals surface area contributed by atoms with Gasteiger partial charge in [-0.1, -0.05) is 23.2 Å². The summed E-state index contributed by atoms with van der Waals surface area (Å²) in [5, 5.41) is 0.765. The summed E-state index contributed by atoms with van der Waals surface area (Å²) in [5.74, 6) is -0.210. The Balaban J connectivity index is 2.51. The lowest BCUT2D eigenvalue weighted by Crippen LogP contribution is -2.12. The normalized spacial score (nSPS) is 10.7. The quantitative estimate of drug-likeness (QED) is 0.512. The van der Waals surface area contributed by atoms with Crippen LogP contribution >= 0.6 is 71.0 Å². The monoisotopic (exact) mass is 473 g/mol. The van der Waals surface area contributed by atoms with Crippen LogP contribution in [-0.2, 0) is 0 Å². The summed E-state index contributed by atoms with van der Waals surface area (Å²) in [5.41, 5.74) is 0.453. The van der Waals surface area contributed by atoms with Gasteiger partial charge in [0.15, 0.2) is 0 Å². The molecule has 0 bridgehead atoms. The molecule has 2 aromatic rings. The van der Waals surface area contributed by atoms with E-state index in [-0.39, 0.29) is 5.91 Å². The van der Waals surface area contributed by atoms with Crippen LogP contribution in [-0.4, -0.2) is 10.5 Å². The first-order valence-electron chi connectivity index (χ1n) is 4.64. The summed E-state index contributed by atoms with van der Waals surface area (Å²) >= 11 is 21.7. The van der Waals surface area contributed by atoms with E-state index in [9.17, 15) is 4.79 Å². The van der Waals surface area contributed by atoms with Gasteiger partial charge in [0, 0.05) is 5.56 Å². The maximum atomic E-state index is 12.3. The minimum atomic E-state index is -0.210. The van der Waals surface area contributed by atoms with Gasteiger partial charge in [-0.15, -0.1) is 0 Å². The number of carbonyl (C=O) groups excluding carboxylic acids is 1. The first kappa shape index (κ1) is 14.6. The van der Waals surface area contributed by atoms with Gasteiger partial charge in [-0.3, -0.25) is 9.36 Å². The van der Waals surface area contributed by atoms with Crippen molar-refractivity contribution in [3.8, 4) is 0 Å². The van der Waals surface area contributed by atoms with Crippen molar-refractivity contribution in [1.29, 1.82) is 0 Å². The minimum absolute atomic E-state index is 0.210. The van der Waals surface area contributed by atoms with Crippen molar-refractivity contribution in [2.24, 2.45) is 0 Å². The topological polar surface area (TPSA) is 22.0 Å². The van der Waals surface area contributed by atoms with Crippen LogP contribution in [0.5, 0.6) is 0 Å². The molecule has 94 valence electrons. The molecule has 1 aromatic carbocycles. The fourth-order valence-corrected chi connectivity index (χ4v) is 3.64. The van der Waals surface area contributed by atoms with Gasteiger partial charge in [0.1, 0.15) is 4.60 Å². The van der Waals surface area contributed by atoms with Gasteiger partial charge >= 0.3 is 0 Å². The fraction of sp³-hybridized carbons (Fsp3) is 0. The number of hydrogen-bond donors (Lipinski definition) is 0. The largest absolute Gasteiger partial charge is 0.268 e. The van der Waals surface area contributed by atoms with E-state index in [0.717, 1.165) is 4.47 Å². The Morgan fingerprint density at radius 3 is 2.22 bits per heavy atom. The second kappa shape index (κ2) is 5.67. The molecular weight excluding hydrogens is 473 g/mol. The lowest BCUT2D eigenvalue weighted by atomic mass is 10.2. The second-order valence-corrected chi connectivity index (χ2v) is 6.61. The van der Waals surface area contributed by atoms with Crippen LogP contribution in [0.1, 0.15) is 10.4 Å². The molecular formula is C11H4Br3Cl2NO. The van der Waals surface area contributed by atoms with E-state index >= 15 is 0 Å². The van der Waals surface area contributed by atoms with Crippen molar-refractivity contribution in [2.45, 2.75) is 0 Å². The van der Waals surface area contributed by atoms with Crippen LogP contribution < -0.4 is 0 Å². The first-order valence-corrected chi connectivity index (χ1v) is 7.77. The van der Waals surface area contributed by atoms with Crippen molar-refractivity contribution in [2.75, 3.05) is 0 Å². The third-order valence-electron chi connectivity index (χ3n) is 2.22. The number of benzene rings is 1. The van der Waals surface area contributed by atoms with E-state index in [4.69, 9.17) is 23.2 Å². The summed E-state index contributed by atoms with van der Waals surface area (Å²) in [4.78, 5) is 12.3. The van der Waals surface area contributed by atoms with Crippen molar-refractivity contribution in [1.82, 2.24) is 4.57 Å². The molecule has 1 aromatic heterocycles. The SMILES string of the molecule is O=C(c1ccc(Cl)c(Cl)c1)n1c(Br)cc(Br)c1Br. The number of rotatable bonds is 1. The highest BCUT2D eigenvalue weighted by Gasteiger charge is 2.18. The van der Waals surface area contributed by atoms with E-state index in [2.05, 4.69) is 47.8 Å². The zero-order valence-electron chi connectivity index (χ0n) is 8.55. The van der Waals surface area contributed by atoms with Gasteiger partial charge in [0.05, 0.1) is 19.1 Å². The van der Waals surface area contributed by atoms with Crippen LogP contribution in [0.4, 0.5) is 0 Å². The van der Waals surface area contributed by atoms with Gasteiger partial charge < -0.3 is 0 Å². The Kier molecular flexibility index (Phi) is 4.60. The number of halogens is 5. The van der Waals surface area contributed by atoms with Crippen LogP contribution in [0.3, 0.4) is 0 Å². The number of aromatic nitrogens is 1. The van der Waals surface area contributed by atoms with Crippen molar-refractivity contribution in [3.05, 3.63) is 53.6 Å². The van der Waals surface area contributed by atoms with Crippen LogP contribution in [0.25, 0.3) is 0 Å². The molecule has 0 saturated heterocycles. The lowest BCUT2D eigenvalue weighted by Gasteiger charge is -2.07. The molecule has 0 N–H and O–H groups in total.